The number of aliphatic hydroxyl groups is 2. The van der Waals surface area contributed by atoms with Crippen LogP contribution >= 0.6 is 0 Å². The molecule has 4 nitrogen and oxygen atoms in total. The molecule has 0 aliphatic heterocycles. The number of aromatic nitrogens is 2. The first-order chi connectivity index (χ1) is 4.79. The van der Waals surface area contributed by atoms with Gasteiger partial charge in [0.1, 0.15) is 0 Å². The van der Waals surface area contributed by atoms with E-state index in [2.05, 4.69) is 10.2 Å². The fourth-order valence-electron chi connectivity index (χ4n) is 0.785. The van der Waals surface area contributed by atoms with Crippen LogP contribution in [-0.4, -0.2) is 20.4 Å². The first-order valence-electron chi connectivity index (χ1n) is 3.04. The molecular formula is C6H10N2O2Y3. The third-order valence-electron chi connectivity index (χ3n) is 1.52. The molecule has 0 saturated carbocycles. The summed E-state index contributed by atoms with van der Waals surface area (Å²) in [7, 11) is 0. The van der Waals surface area contributed by atoms with E-state index in [4.69, 9.17) is 10.2 Å². The molecule has 7 heteroatoms. The summed E-state index contributed by atoms with van der Waals surface area (Å²) in [6.45, 7) is 1.67. The monoisotopic (exact) mass is 409 g/mol. The molecule has 0 unspecified atom stereocenters. The third-order valence-corrected chi connectivity index (χ3v) is 1.52. The molecule has 0 spiro atoms. The van der Waals surface area contributed by atoms with Gasteiger partial charge in [-0.1, -0.05) is 0 Å². The predicted molar refractivity (Wildman–Crippen MR) is 35.2 cm³/mol. The number of aliphatic hydroxyl groups excluding tert-OH is 2. The van der Waals surface area contributed by atoms with Crippen LogP contribution in [0.2, 0.25) is 0 Å². The first-order valence-corrected chi connectivity index (χ1v) is 3.04. The van der Waals surface area contributed by atoms with E-state index >= 15 is 0 Å². The van der Waals surface area contributed by atoms with Gasteiger partial charge in [-0.2, -0.15) is 5.10 Å². The molecule has 1 rings (SSSR count). The SMILES string of the molecule is Cc1c(CO)n[nH]c1CO.[Y].[Y].[Y]. The van der Waals surface area contributed by atoms with Gasteiger partial charge in [-0.05, 0) is 12.5 Å². The van der Waals surface area contributed by atoms with Crippen molar-refractivity contribution in [1.29, 1.82) is 0 Å². The fourth-order valence-corrected chi connectivity index (χ4v) is 0.785. The van der Waals surface area contributed by atoms with Gasteiger partial charge >= 0.3 is 0 Å². The average Bonchev–Trinajstić information content (AvgIpc) is 2.30. The predicted octanol–water partition coefficient (Wildman–Crippen LogP) is -0.305. The van der Waals surface area contributed by atoms with E-state index < -0.39 is 0 Å². The summed E-state index contributed by atoms with van der Waals surface area (Å²) in [5.41, 5.74) is 2.11. The van der Waals surface area contributed by atoms with E-state index in [1.807, 2.05) is 0 Å². The maximum atomic E-state index is 8.67. The van der Waals surface area contributed by atoms with Gasteiger partial charge in [0.25, 0.3) is 0 Å². The van der Waals surface area contributed by atoms with E-state index in [-0.39, 0.29) is 111 Å². The minimum atomic E-state index is -0.0810. The molecule has 0 amide bonds. The van der Waals surface area contributed by atoms with E-state index in [0.717, 1.165) is 5.56 Å². The second kappa shape index (κ2) is 10.9. The van der Waals surface area contributed by atoms with Crippen molar-refractivity contribution in [3.63, 3.8) is 0 Å². The van der Waals surface area contributed by atoms with Gasteiger partial charge in [-0.25, -0.2) is 0 Å². The molecule has 1 aromatic rings. The van der Waals surface area contributed by atoms with Crippen molar-refractivity contribution in [3.8, 4) is 0 Å². The molecule has 3 N–H and O–H groups in total. The molecule has 0 fully saturated rings. The summed E-state index contributed by atoms with van der Waals surface area (Å²) in [6, 6.07) is 0. The zero-order valence-corrected chi connectivity index (χ0v) is 16.0. The van der Waals surface area contributed by atoms with Gasteiger partial charge in [0.15, 0.2) is 0 Å². The minimum absolute atomic E-state index is 0. The third kappa shape index (κ3) is 5.91. The van der Waals surface area contributed by atoms with Crippen LogP contribution in [-0.2, 0) is 111 Å². The standard InChI is InChI=1S/C6H10N2O2.3Y/c1-4-5(2-9)7-8-6(4)3-10;;;/h9-10H,2-3H2,1H3,(H,7,8);;;. The second-order valence-corrected chi connectivity index (χ2v) is 2.09. The molecule has 0 atom stereocenters. The van der Waals surface area contributed by atoms with Crippen molar-refractivity contribution in [2.75, 3.05) is 0 Å². The molecule has 0 aliphatic carbocycles. The molecule has 0 saturated heterocycles. The topological polar surface area (TPSA) is 69.1 Å². The molecule has 1 aromatic heterocycles. The number of aromatic amines is 1. The smallest absolute Gasteiger partial charge is 0.0909 e. The Hall–Kier alpha value is 2.44. The number of H-pyrrole nitrogens is 1. The van der Waals surface area contributed by atoms with Crippen LogP contribution in [0.25, 0.3) is 0 Å². The van der Waals surface area contributed by atoms with Gasteiger partial charge < -0.3 is 10.2 Å². The summed E-state index contributed by atoms with van der Waals surface area (Å²) in [6.07, 6.45) is 0. The van der Waals surface area contributed by atoms with E-state index in [9.17, 15) is 0 Å². The van der Waals surface area contributed by atoms with E-state index in [1.54, 1.807) is 6.92 Å². The Kier molecular flexibility index (Phi) is 17.5. The summed E-state index contributed by atoms with van der Waals surface area (Å²) in [5, 5.41) is 23.7. The summed E-state index contributed by atoms with van der Waals surface area (Å²) in [5.74, 6) is 0. The van der Waals surface area contributed by atoms with Crippen LogP contribution in [0.1, 0.15) is 17.0 Å². The van der Waals surface area contributed by atoms with Crippen molar-refractivity contribution in [2.45, 2.75) is 20.1 Å². The Morgan fingerprint density at radius 2 is 1.69 bits per heavy atom. The molecule has 0 aromatic carbocycles. The Morgan fingerprint density at radius 1 is 1.15 bits per heavy atom. The number of rotatable bonds is 2. The number of hydrogen-bond donors (Lipinski definition) is 3. The van der Waals surface area contributed by atoms with Gasteiger partial charge in [0, 0.05) is 98.1 Å². The number of nitrogens with one attached hydrogen (secondary N) is 1. The van der Waals surface area contributed by atoms with Gasteiger partial charge in [0.05, 0.1) is 24.6 Å². The normalized spacial score (nSPS) is 7.92. The number of nitrogens with zero attached hydrogens (tertiary/aromatic N) is 1. The van der Waals surface area contributed by atoms with Crippen molar-refractivity contribution >= 4 is 0 Å². The zero-order chi connectivity index (χ0) is 7.56. The largest absolute Gasteiger partial charge is 0.390 e. The Bertz CT molecular complexity index is 208. The Morgan fingerprint density at radius 3 is 1.92 bits per heavy atom. The van der Waals surface area contributed by atoms with E-state index in [1.165, 1.54) is 0 Å². The maximum absolute atomic E-state index is 8.67. The van der Waals surface area contributed by atoms with Crippen LogP contribution in [0.3, 0.4) is 0 Å². The van der Waals surface area contributed by atoms with Crippen molar-refractivity contribution in [2.24, 2.45) is 0 Å². The molecule has 13 heavy (non-hydrogen) atoms. The van der Waals surface area contributed by atoms with Gasteiger partial charge in [0.2, 0.25) is 0 Å². The number of hydrogen-bond acceptors (Lipinski definition) is 3. The summed E-state index contributed by atoms with van der Waals surface area (Å²) >= 11 is 0. The minimum Gasteiger partial charge on any atom is -0.390 e. The van der Waals surface area contributed by atoms with Crippen molar-refractivity contribution in [1.82, 2.24) is 10.2 Å². The van der Waals surface area contributed by atoms with Crippen LogP contribution in [0, 0.1) is 6.92 Å². The average molecular weight is 409 g/mol. The zero-order valence-electron chi connectivity index (χ0n) is 7.49. The van der Waals surface area contributed by atoms with Gasteiger partial charge in [-0.15, -0.1) is 0 Å². The van der Waals surface area contributed by atoms with Crippen LogP contribution in [0.4, 0.5) is 0 Å². The Labute approximate surface area is 153 Å². The summed E-state index contributed by atoms with van der Waals surface area (Å²) in [4.78, 5) is 0. The first kappa shape index (κ1) is 20.8. The maximum Gasteiger partial charge on any atom is 0.0909 e. The quantitative estimate of drug-likeness (QED) is 0.629. The van der Waals surface area contributed by atoms with Gasteiger partial charge in [-0.3, -0.25) is 5.10 Å². The van der Waals surface area contributed by atoms with E-state index in [0.29, 0.717) is 11.4 Å². The summed E-state index contributed by atoms with van der Waals surface area (Å²) < 4.78 is 0. The second-order valence-electron chi connectivity index (χ2n) is 2.09. The van der Waals surface area contributed by atoms with Crippen molar-refractivity contribution < 1.29 is 108 Å². The van der Waals surface area contributed by atoms with Crippen LogP contribution < -0.4 is 0 Å². The molecular weight excluding hydrogens is 399 g/mol. The molecule has 1 heterocycles. The molecule has 0 bridgehead atoms. The molecule has 65 valence electrons. The van der Waals surface area contributed by atoms with Crippen molar-refractivity contribution in [3.05, 3.63) is 17.0 Å². The van der Waals surface area contributed by atoms with Crippen LogP contribution in [0.15, 0.2) is 0 Å². The van der Waals surface area contributed by atoms with Crippen LogP contribution in [0.5, 0.6) is 0 Å². The Balaban J connectivity index is -0.000000333. The fraction of sp³-hybridized carbons (Fsp3) is 0.500. The molecule has 0 aliphatic rings. The molecule has 3 radical (unpaired) electrons.